The van der Waals surface area contributed by atoms with E-state index in [1.165, 1.54) is 23.5 Å². The van der Waals surface area contributed by atoms with E-state index in [9.17, 15) is 14.3 Å². The van der Waals surface area contributed by atoms with E-state index in [0.717, 1.165) is 17.7 Å². The van der Waals surface area contributed by atoms with Crippen LogP contribution >= 0.6 is 22.9 Å². The summed E-state index contributed by atoms with van der Waals surface area (Å²) in [5, 5.41) is 10.00. The lowest BCUT2D eigenvalue weighted by atomic mass is 9.91. The Morgan fingerprint density at radius 1 is 1.50 bits per heavy atom. The first-order valence-electron chi connectivity index (χ1n) is 6.24. The lowest BCUT2D eigenvalue weighted by Crippen LogP contribution is -2.17. The number of benzene rings is 1. The highest BCUT2D eigenvalue weighted by molar-refractivity contribution is 7.15. The normalized spacial score (nSPS) is 17.8. The van der Waals surface area contributed by atoms with Gasteiger partial charge in [-0.1, -0.05) is 17.7 Å². The molecule has 20 heavy (non-hydrogen) atoms. The van der Waals surface area contributed by atoms with Crippen LogP contribution in [0.1, 0.15) is 29.3 Å². The van der Waals surface area contributed by atoms with Crippen molar-refractivity contribution in [3.63, 3.8) is 0 Å². The zero-order valence-corrected chi connectivity index (χ0v) is 12.0. The van der Waals surface area contributed by atoms with Crippen LogP contribution in [0.3, 0.4) is 0 Å². The molecule has 3 rings (SSSR count). The highest BCUT2D eigenvalue weighted by atomic mass is 35.5. The van der Waals surface area contributed by atoms with Crippen LogP contribution in [-0.4, -0.2) is 16.1 Å². The molecule has 104 valence electrons. The number of aryl methyl sites for hydroxylation is 1. The molecule has 0 saturated heterocycles. The average molecular weight is 312 g/mol. The molecule has 1 aromatic heterocycles. The Labute approximate surface area is 124 Å². The predicted octanol–water partition coefficient (Wildman–Crippen LogP) is 4.11. The number of nitrogens with zero attached hydrogens (tertiary/aromatic N) is 1. The number of fused-ring (bicyclic) bond motifs is 1. The van der Waals surface area contributed by atoms with Crippen LogP contribution < -0.4 is 0 Å². The number of hydrogen-bond donors (Lipinski definition) is 1. The van der Waals surface area contributed by atoms with Crippen molar-refractivity contribution in [2.75, 3.05) is 0 Å². The van der Waals surface area contributed by atoms with Crippen molar-refractivity contribution in [2.45, 2.75) is 25.2 Å². The molecule has 3 nitrogen and oxygen atoms in total. The van der Waals surface area contributed by atoms with Gasteiger partial charge < -0.3 is 5.11 Å². The van der Waals surface area contributed by atoms with Crippen molar-refractivity contribution in [1.82, 2.24) is 4.98 Å². The van der Waals surface area contributed by atoms with Gasteiger partial charge in [-0.25, -0.2) is 9.37 Å². The number of aliphatic carboxylic acids is 1. The van der Waals surface area contributed by atoms with Gasteiger partial charge in [-0.05, 0) is 31.4 Å². The number of thiazole rings is 1. The molecule has 1 atom stereocenters. The molecule has 2 aromatic rings. The zero-order valence-electron chi connectivity index (χ0n) is 10.4. The summed E-state index contributed by atoms with van der Waals surface area (Å²) in [6.07, 6.45) is 2.19. The standard InChI is InChI=1S/C14H11ClFNO2S/c15-8-4-2-5-9(16)11(8)13-17-12-7(14(18)19)3-1-6-10(12)20-13/h2,4-5,7H,1,3,6H2,(H,18,19). The van der Waals surface area contributed by atoms with E-state index in [1.54, 1.807) is 6.07 Å². The first kappa shape index (κ1) is 13.5. The lowest BCUT2D eigenvalue weighted by Gasteiger charge is -2.16. The van der Waals surface area contributed by atoms with E-state index in [2.05, 4.69) is 4.98 Å². The quantitative estimate of drug-likeness (QED) is 0.908. The van der Waals surface area contributed by atoms with Crippen molar-refractivity contribution in [3.05, 3.63) is 39.6 Å². The molecule has 1 heterocycles. The molecule has 0 radical (unpaired) electrons. The topological polar surface area (TPSA) is 50.2 Å². The molecule has 1 unspecified atom stereocenters. The molecule has 0 aliphatic heterocycles. The Morgan fingerprint density at radius 2 is 2.30 bits per heavy atom. The number of carbonyl (C=O) groups is 1. The van der Waals surface area contributed by atoms with E-state index in [-0.39, 0.29) is 5.56 Å². The number of carboxylic acids is 1. The van der Waals surface area contributed by atoms with Crippen molar-refractivity contribution in [1.29, 1.82) is 0 Å². The van der Waals surface area contributed by atoms with E-state index >= 15 is 0 Å². The minimum absolute atomic E-state index is 0.262. The average Bonchev–Trinajstić information content (AvgIpc) is 2.81. The highest BCUT2D eigenvalue weighted by Gasteiger charge is 2.30. The Morgan fingerprint density at radius 3 is 3.00 bits per heavy atom. The van der Waals surface area contributed by atoms with E-state index in [4.69, 9.17) is 11.6 Å². The summed E-state index contributed by atoms with van der Waals surface area (Å²) in [6.45, 7) is 0. The fourth-order valence-corrected chi connectivity index (χ4v) is 4.00. The maximum absolute atomic E-state index is 13.9. The molecule has 1 aromatic carbocycles. The van der Waals surface area contributed by atoms with Crippen LogP contribution in [0, 0.1) is 5.82 Å². The Balaban J connectivity index is 2.12. The van der Waals surface area contributed by atoms with Crippen LogP contribution in [-0.2, 0) is 11.2 Å². The fraction of sp³-hybridized carbons (Fsp3) is 0.286. The third-order valence-corrected chi connectivity index (χ3v) is 4.89. The second kappa shape index (κ2) is 5.14. The zero-order chi connectivity index (χ0) is 14.3. The Hall–Kier alpha value is -1.46. The van der Waals surface area contributed by atoms with Crippen molar-refractivity contribution in [2.24, 2.45) is 0 Å². The Kier molecular flexibility index (Phi) is 3.48. The molecule has 0 bridgehead atoms. The molecule has 0 amide bonds. The van der Waals surface area contributed by atoms with Gasteiger partial charge in [0.15, 0.2) is 0 Å². The molecule has 1 N–H and O–H groups in total. The first-order valence-corrected chi connectivity index (χ1v) is 7.44. The van der Waals surface area contributed by atoms with Gasteiger partial charge in [0, 0.05) is 4.88 Å². The van der Waals surface area contributed by atoms with Crippen LogP contribution in [0.15, 0.2) is 18.2 Å². The molecule has 6 heteroatoms. The fourth-order valence-electron chi connectivity index (χ4n) is 2.47. The van der Waals surface area contributed by atoms with Crippen molar-refractivity contribution >= 4 is 28.9 Å². The summed E-state index contributed by atoms with van der Waals surface area (Å²) in [4.78, 5) is 16.5. The van der Waals surface area contributed by atoms with Gasteiger partial charge in [0.25, 0.3) is 0 Å². The van der Waals surface area contributed by atoms with Gasteiger partial charge in [0.1, 0.15) is 10.8 Å². The summed E-state index contributed by atoms with van der Waals surface area (Å²) >= 11 is 7.38. The first-order chi connectivity index (χ1) is 9.58. The minimum Gasteiger partial charge on any atom is -0.481 e. The summed E-state index contributed by atoms with van der Waals surface area (Å²) in [5.41, 5.74) is 0.834. The smallest absolute Gasteiger partial charge is 0.312 e. The number of rotatable bonds is 2. The van der Waals surface area contributed by atoms with Gasteiger partial charge in [-0.2, -0.15) is 0 Å². The third-order valence-electron chi connectivity index (χ3n) is 3.43. The van der Waals surface area contributed by atoms with Gasteiger partial charge in [0.2, 0.25) is 0 Å². The van der Waals surface area contributed by atoms with Crippen LogP contribution in [0.5, 0.6) is 0 Å². The number of hydrogen-bond acceptors (Lipinski definition) is 3. The molecule has 1 aliphatic carbocycles. The monoisotopic (exact) mass is 311 g/mol. The third kappa shape index (κ3) is 2.21. The largest absolute Gasteiger partial charge is 0.481 e. The number of carboxylic acid groups (broad SMARTS) is 1. The summed E-state index contributed by atoms with van der Waals surface area (Å²) in [7, 11) is 0. The van der Waals surface area contributed by atoms with E-state index < -0.39 is 17.7 Å². The number of halogens is 2. The van der Waals surface area contributed by atoms with Crippen LogP contribution in [0.2, 0.25) is 5.02 Å². The molecular formula is C14H11ClFNO2S. The summed E-state index contributed by atoms with van der Waals surface area (Å²) < 4.78 is 13.9. The Bertz CT molecular complexity index is 666. The maximum atomic E-state index is 13.9. The molecule has 0 fully saturated rings. The maximum Gasteiger partial charge on any atom is 0.312 e. The van der Waals surface area contributed by atoms with Gasteiger partial charge in [-0.15, -0.1) is 11.3 Å². The summed E-state index contributed by atoms with van der Waals surface area (Å²) in [6, 6.07) is 4.47. The van der Waals surface area contributed by atoms with Gasteiger partial charge in [-0.3, -0.25) is 4.79 Å². The molecule has 1 aliphatic rings. The van der Waals surface area contributed by atoms with Crippen molar-refractivity contribution < 1.29 is 14.3 Å². The lowest BCUT2D eigenvalue weighted by molar-refractivity contribution is -0.139. The predicted molar refractivity (Wildman–Crippen MR) is 75.8 cm³/mol. The molecular weight excluding hydrogens is 301 g/mol. The second-order valence-electron chi connectivity index (χ2n) is 4.71. The minimum atomic E-state index is -0.873. The van der Waals surface area contributed by atoms with Crippen LogP contribution in [0.4, 0.5) is 4.39 Å². The highest BCUT2D eigenvalue weighted by Crippen LogP contribution is 2.40. The second-order valence-corrected chi connectivity index (χ2v) is 6.20. The molecule has 0 spiro atoms. The molecule has 0 saturated carbocycles. The summed E-state index contributed by atoms with van der Waals surface area (Å²) in [5.74, 6) is -1.90. The number of aromatic nitrogens is 1. The van der Waals surface area contributed by atoms with E-state index in [1.807, 2.05) is 0 Å². The van der Waals surface area contributed by atoms with E-state index in [0.29, 0.717) is 22.1 Å². The SMILES string of the molecule is O=C(O)C1CCCc2sc(-c3c(F)cccc3Cl)nc21. The van der Waals surface area contributed by atoms with Gasteiger partial charge >= 0.3 is 5.97 Å². The van der Waals surface area contributed by atoms with Crippen molar-refractivity contribution in [3.8, 4) is 10.6 Å². The van der Waals surface area contributed by atoms with Gasteiger partial charge in [0.05, 0.1) is 22.2 Å². The van der Waals surface area contributed by atoms with Crippen LogP contribution in [0.25, 0.3) is 10.6 Å².